The van der Waals surface area contributed by atoms with Crippen molar-refractivity contribution < 1.29 is 9.53 Å². The Balaban J connectivity index is 1.53. The first-order valence-electron chi connectivity index (χ1n) is 7.55. The number of hydrogen-bond acceptors (Lipinski definition) is 3. The smallest absolute Gasteiger partial charge is 0.226 e. The van der Waals surface area contributed by atoms with E-state index in [2.05, 4.69) is 6.07 Å². The molecule has 1 aliphatic rings. The first kappa shape index (κ1) is 14.4. The summed E-state index contributed by atoms with van der Waals surface area (Å²) in [5.41, 5.74) is 9.02. The molecular formula is C18H20N2O2. The molecule has 2 aromatic rings. The number of hydrogen-bond donors (Lipinski definition) is 1. The lowest BCUT2D eigenvalue weighted by Crippen LogP contribution is -2.36. The summed E-state index contributed by atoms with van der Waals surface area (Å²) in [7, 11) is 0. The Labute approximate surface area is 130 Å². The number of para-hydroxylation sites is 1. The number of carbonyl (C=O) groups excluding carboxylic acids is 1. The molecule has 3 rings (SSSR count). The van der Waals surface area contributed by atoms with Gasteiger partial charge in [-0.2, -0.15) is 0 Å². The van der Waals surface area contributed by atoms with Gasteiger partial charge >= 0.3 is 0 Å². The van der Waals surface area contributed by atoms with Gasteiger partial charge in [-0.3, -0.25) is 4.79 Å². The second-order valence-corrected chi connectivity index (χ2v) is 5.50. The van der Waals surface area contributed by atoms with Crippen LogP contribution in [0.2, 0.25) is 0 Å². The Morgan fingerprint density at radius 2 is 1.95 bits per heavy atom. The first-order chi connectivity index (χ1) is 10.7. The minimum atomic E-state index is 0.129. The topological polar surface area (TPSA) is 55.6 Å². The molecule has 0 aliphatic carbocycles. The van der Waals surface area contributed by atoms with Gasteiger partial charge in [0, 0.05) is 18.8 Å². The molecule has 2 aromatic carbocycles. The third-order valence-corrected chi connectivity index (χ3v) is 3.92. The third kappa shape index (κ3) is 3.39. The van der Waals surface area contributed by atoms with Crippen LogP contribution in [0.4, 0.5) is 5.69 Å². The molecule has 1 amide bonds. The number of nitrogens with zero attached hydrogens (tertiary/aromatic N) is 1. The molecule has 0 atom stereocenters. The van der Waals surface area contributed by atoms with Crippen LogP contribution in [0.25, 0.3) is 0 Å². The quantitative estimate of drug-likeness (QED) is 0.882. The van der Waals surface area contributed by atoms with E-state index < -0.39 is 0 Å². The highest BCUT2D eigenvalue weighted by Gasteiger charge is 2.20. The standard InChI is InChI=1S/C18H20N2O2/c19-16-7-6-14-8-10-20(13-15(14)12-16)18(21)9-11-22-17-4-2-1-3-5-17/h1-7,12H,8-11,13,19H2. The molecule has 0 unspecified atom stereocenters. The number of carbonyl (C=O) groups is 1. The molecule has 0 saturated heterocycles. The van der Waals surface area contributed by atoms with E-state index in [1.807, 2.05) is 47.4 Å². The molecule has 0 bridgehead atoms. The fraction of sp³-hybridized carbons (Fsp3) is 0.278. The van der Waals surface area contributed by atoms with Crippen LogP contribution in [0.15, 0.2) is 48.5 Å². The van der Waals surface area contributed by atoms with Crippen molar-refractivity contribution in [3.8, 4) is 5.75 Å². The van der Waals surface area contributed by atoms with Crippen molar-refractivity contribution in [2.45, 2.75) is 19.4 Å². The maximum atomic E-state index is 12.3. The second kappa shape index (κ2) is 6.52. The van der Waals surface area contributed by atoms with Crippen LogP contribution in [0, 0.1) is 0 Å². The summed E-state index contributed by atoms with van der Waals surface area (Å²) < 4.78 is 5.59. The number of ether oxygens (including phenoxy) is 1. The normalized spacial score (nSPS) is 13.5. The fourth-order valence-corrected chi connectivity index (χ4v) is 2.72. The zero-order valence-corrected chi connectivity index (χ0v) is 12.5. The molecule has 22 heavy (non-hydrogen) atoms. The highest BCUT2D eigenvalue weighted by molar-refractivity contribution is 5.76. The van der Waals surface area contributed by atoms with Gasteiger partial charge in [-0.25, -0.2) is 0 Å². The van der Waals surface area contributed by atoms with Crippen LogP contribution >= 0.6 is 0 Å². The van der Waals surface area contributed by atoms with E-state index in [1.54, 1.807) is 0 Å². The largest absolute Gasteiger partial charge is 0.493 e. The summed E-state index contributed by atoms with van der Waals surface area (Å²) in [5, 5.41) is 0. The predicted octanol–water partition coefficient (Wildman–Crippen LogP) is 2.62. The summed E-state index contributed by atoms with van der Waals surface area (Å²) in [4.78, 5) is 14.2. The Hall–Kier alpha value is -2.49. The number of nitrogens with two attached hydrogens (primary N) is 1. The molecule has 1 heterocycles. The van der Waals surface area contributed by atoms with Crippen LogP contribution in [0.1, 0.15) is 17.5 Å². The maximum absolute atomic E-state index is 12.3. The molecule has 0 fully saturated rings. The Bertz CT molecular complexity index is 655. The van der Waals surface area contributed by atoms with Gasteiger partial charge in [-0.15, -0.1) is 0 Å². The highest BCUT2D eigenvalue weighted by atomic mass is 16.5. The summed E-state index contributed by atoms with van der Waals surface area (Å²) >= 11 is 0. The average molecular weight is 296 g/mol. The molecule has 0 aromatic heterocycles. The van der Waals surface area contributed by atoms with Gasteiger partial charge in [0.25, 0.3) is 0 Å². The lowest BCUT2D eigenvalue weighted by Gasteiger charge is -2.29. The van der Waals surface area contributed by atoms with Crippen molar-refractivity contribution in [2.75, 3.05) is 18.9 Å². The summed E-state index contributed by atoms with van der Waals surface area (Å²) in [6.07, 6.45) is 1.29. The minimum absolute atomic E-state index is 0.129. The summed E-state index contributed by atoms with van der Waals surface area (Å²) in [5.74, 6) is 0.927. The van der Waals surface area contributed by atoms with E-state index in [4.69, 9.17) is 10.5 Å². The van der Waals surface area contributed by atoms with E-state index in [9.17, 15) is 4.79 Å². The van der Waals surface area contributed by atoms with Gasteiger partial charge in [0.2, 0.25) is 5.91 Å². The zero-order chi connectivity index (χ0) is 15.4. The number of rotatable bonds is 4. The summed E-state index contributed by atoms with van der Waals surface area (Å²) in [6, 6.07) is 15.5. The second-order valence-electron chi connectivity index (χ2n) is 5.50. The Kier molecular flexibility index (Phi) is 4.28. The monoisotopic (exact) mass is 296 g/mol. The minimum Gasteiger partial charge on any atom is -0.493 e. The van der Waals surface area contributed by atoms with Crippen LogP contribution in [0.3, 0.4) is 0 Å². The first-order valence-corrected chi connectivity index (χ1v) is 7.55. The molecule has 0 saturated carbocycles. The van der Waals surface area contributed by atoms with Crippen molar-refractivity contribution in [1.82, 2.24) is 4.90 Å². The SMILES string of the molecule is Nc1ccc2c(c1)CN(C(=O)CCOc1ccccc1)CC2. The van der Waals surface area contributed by atoms with E-state index in [1.165, 1.54) is 5.56 Å². The lowest BCUT2D eigenvalue weighted by atomic mass is 9.99. The van der Waals surface area contributed by atoms with Gasteiger partial charge in [0.05, 0.1) is 13.0 Å². The zero-order valence-electron chi connectivity index (χ0n) is 12.5. The lowest BCUT2D eigenvalue weighted by molar-refractivity contribution is -0.132. The third-order valence-electron chi connectivity index (χ3n) is 3.92. The van der Waals surface area contributed by atoms with Crippen molar-refractivity contribution >= 4 is 11.6 Å². The van der Waals surface area contributed by atoms with Crippen LogP contribution < -0.4 is 10.5 Å². The molecule has 4 nitrogen and oxygen atoms in total. The average Bonchev–Trinajstić information content (AvgIpc) is 2.55. The molecule has 4 heteroatoms. The maximum Gasteiger partial charge on any atom is 0.226 e. The van der Waals surface area contributed by atoms with Crippen LogP contribution in [-0.2, 0) is 17.8 Å². The van der Waals surface area contributed by atoms with E-state index in [0.717, 1.165) is 30.0 Å². The number of benzene rings is 2. The number of amides is 1. The number of nitrogen functional groups attached to an aromatic ring is 1. The molecule has 0 radical (unpaired) electrons. The summed E-state index contributed by atoms with van der Waals surface area (Å²) in [6.45, 7) is 1.81. The van der Waals surface area contributed by atoms with E-state index in [-0.39, 0.29) is 5.91 Å². The van der Waals surface area contributed by atoms with Crippen molar-refractivity contribution in [3.63, 3.8) is 0 Å². The van der Waals surface area contributed by atoms with Crippen molar-refractivity contribution in [3.05, 3.63) is 59.7 Å². The van der Waals surface area contributed by atoms with Gasteiger partial charge < -0.3 is 15.4 Å². The van der Waals surface area contributed by atoms with E-state index in [0.29, 0.717) is 19.6 Å². The van der Waals surface area contributed by atoms with E-state index >= 15 is 0 Å². The molecular weight excluding hydrogens is 276 g/mol. The number of anilines is 1. The Morgan fingerprint density at radius 3 is 2.77 bits per heavy atom. The highest BCUT2D eigenvalue weighted by Crippen LogP contribution is 2.21. The van der Waals surface area contributed by atoms with Crippen molar-refractivity contribution in [1.29, 1.82) is 0 Å². The number of fused-ring (bicyclic) bond motifs is 1. The van der Waals surface area contributed by atoms with Gasteiger partial charge in [0.15, 0.2) is 0 Å². The molecule has 1 aliphatic heterocycles. The van der Waals surface area contributed by atoms with Gasteiger partial charge in [0.1, 0.15) is 5.75 Å². The fourth-order valence-electron chi connectivity index (χ4n) is 2.72. The molecule has 0 spiro atoms. The van der Waals surface area contributed by atoms with Gasteiger partial charge in [-0.05, 0) is 41.8 Å². The Morgan fingerprint density at radius 1 is 1.14 bits per heavy atom. The molecule has 2 N–H and O–H groups in total. The van der Waals surface area contributed by atoms with Crippen LogP contribution in [0.5, 0.6) is 5.75 Å². The van der Waals surface area contributed by atoms with Gasteiger partial charge in [-0.1, -0.05) is 24.3 Å². The van der Waals surface area contributed by atoms with Crippen molar-refractivity contribution in [2.24, 2.45) is 0 Å². The predicted molar refractivity (Wildman–Crippen MR) is 86.5 cm³/mol. The molecule has 114 valence electrons. The van der Waals surface area contributed by atoms with Crippen LogP contribution in [-0.4, -0.2) is 24.0 Å².